The molecule has 5 heteroatoms. The van der Waals surface area contributed by atoms with Gasteiger partial charge in [-0.05, 0) is 78.1 Å². The lowest BCUT2D eigenvalue weighted by atomic mass is 9.97. The number of halogens is 4. The molecule has 0 N–H and O–H groups in total. The van der Waals surface area contributed by atoms with Gasteiger partial charge in [0.05, 0.1) is 10.5 Å². The monoisotopic (exact) mass is 448 g/mol. The van der Waals surface area contributed by atoms with Crippen LogP contribution in [0.2, 0.25) is 0 Å². The van der Waals surface area contributed by atoms with Gasteiger partial charge in [0.2, 0.25) is 0 Å². The van der Waals surface area contributed by atoms with Crippen molar-refractivity contribution in [2.24, 2.45) is 0 Å². The smallest absolute Gasteiger partial charge is 0.138 e. The Hall–Kier alpha value is -2.27. The van der Waals surface area contributed by atoms with Crippen LogP contribution in [0.15, 0.2) is 53.4 Å². The van der Waals surface area contributed by atoms with E-state index in [9.17, 15) is 17.6 Å². The van der Waals surface area contributed by atoms with Gasteiger partial charge in [0.15, 0.2) is 0 Å². The number of rotatable bonds is 7. The number of aryl methyl sites for hydroxylation is 1. The molecule has 166 valence electrons. The third-order valence-corrected chi connectivity index (χ3v) is 6.91. The Morgan fingerprint density at radius 3 is 1.65 bits per heavy atom. The van der Waals surface area contributed by atoms with E-state index < -0.39 is 38.9 Å². The second-order valence-corrected chi connectivity index (χ2v) is 12.7. The fourth-order valence-corrected chi connectivity index (χ4v) is 5.04. The maximum atomic E-state index is 14.9. The van der Waals surface area contributed by atoms with E-state index in [-0.39, 0.29) is 10.5 Å². The molecular formula is C26H28F4S. The number of hydrogen-bond acceptors (Lipinski definition) is 0. The molecule has 3 rings (SSSR count). The van der Waals surface area contributed by atoms with Gasteiger partial charge in [0, 0.05) is 0 Å². The predicted molar refractivity (Wildman–Crippen MR) is 124 cm³/mol. The summed E-state index contributed by atoms with van der Waals surface area (Å²) in [6.07, 6.45) is 9.68. The van der Waals surface area contributed by atoms with Crippen molar-refractivity contribution in [1.29, 1.82) is 0 Å². The van der Waals surface area contributed by atoms with Gasteiger partial charge in [-0.2, -0.15) is 0 Å². The minimum atomic E-state index is -1.67. The second-order valence-electron chi connectivity index (χ2n) is 8.58. The summed E-state index contributed by atoms with van der Waals surface area (Å²) in [5.74, 6) is -3.26. The molecule has 0 unspecified atom stereocenters. The van der Waals surface area contributed by atoms with Crippen LogP contribution in [0.3, 0.4) is 0 Å². The van der Waals surface area contributed by atoms with Gasteiger partial charge >= 0.3 is 0 Å². The zero-order chi connectivity index (χ0) is 22.8. The minimum Gasteiger partial charge on any atom is -0.218 e. The van der Waals surface area contributed by atoms with Crippen molar-refractivity contribution in [2.75, 3.05) is 18.8 Å². The van der Waals surface area contributed by atoms with Crippen LogP contribution in [0.25, 0.3) is 22.3 Å². The highest BCUT2D eigenvalue weighted by atomic mass is 32.3. The molecule has 0 radical (unpaired) electrons. The normalized spacial score (nSPS) is 12.3. The van der Waals surface area contributed by atoms with Gasteiger partial charge in [-0.1, -0.05) is 44.0 Å². The van der Waals surface area contributed by atoms with Crippen LogP contribution in [-0.2, 0) is 6.42 Å². The summed E-state index contributed by atoms with van der Waals surface area (Å²) >= 11 is 0. The summed E-state index contributed by atoms with van der Waals surface area (Å²) in [6, 6.07) is 12.1. The highest BCUT2D eigenvalue weighted by molar-refractivity contribution is 8.32. The summed E-state index contributed by atoms with van der Waals surface area (Å²) in [6.45, 7) is 2.15. The quantitative estimate of drug-likeness (QED) is 0.252. The van der Waals surface area contributed by atoms with E-state index in [1.165, 1.54) is 24.1 Å². The van der Waals surface area contributed by atoms with E-state index >= 15 is 0 Å². The van der Waals surface area contributed by atoms with Crippen molar-refractivity contribution in [3.63, 3.8) is 0 Å². The van der Waals surface area contributed by atoms with Crippen molar-refractivity contribution in [2.45, 2.75) is 37.5 Å². The van der Waals surface area contributed by atoms with Gasteiger partial charge in [-0.25, -0.2) is 27.6 Å². The van der Waals surface area contributed by atoms with Crippen molar-refractivity contribution >= 4 is 10.0 Å². The Kier molecular flexibility index (Phi) is 7.15. The second kappa shape index (κ2) is 9.47. The highest BCUT2D eigenvalue weighted by Crippen LogP contribution is 2.49. The molecule has 0 fully saturated rings. The maximum Gasteiger partial charge on any atom is 0.138 e. The van der Waals surface area contributed by atoms with Gasteiger partial charge < -0.3 is 0 Å². The first kappa shape index (κ1) is 23.4. The largest absolute Gasteiger partial charge is 0.218 e. The van der Waals surface area contributed by atoms with Crippen LogP contribution in [0.5, 0.6) is 0 Å². The van der Waals surface area contributed by atoms with E-state index in [1.807, 2.05) is 24.3 Å². The lowest BCUT2D eigenvalue weighted by Crippen LogP contribution is -2.02. The maximum absolute atomic E-state index is 14.9. The molecule has 0 aliphatic rings. The average molecular weight is 449 g/mol. The Morgan fingerprint density at radius 2 is 1.16 bits per heavy atom. The molecule has 0 saturated carbocycles. The van der Waals surface area contributed by atoms with Gasteiger partial charge in [-0.3, -0.25) is 0 Å². The van der Waals surface area contributed by atoms with Crippen molar-refractivity contribution in [3.05, 3.63) is 77.4 Å². The Balaban J connectivity index is 1.94. The molecule has 0 saturated heterocycles. The molecule has 0 aliphatic carbocycles. The Morgan fingerprint density at radius 1 is 0.645 bits per heavy atom. The summed E-state index contributed by atoms with van der Waals surface area (Å²) in [7, 11) is -1.67. The van der Waals surface area contributed by atoms with Crippen LogP contribution in [0.4, 0.5) is 17.6 Å². The van der Waals surface area contributed by atoms with Crippen molar-refractivity contribution in [1.82, 2.24) is 0 Å². The standard InChI is InChI=1S/C26H28F4S/c1-5-6-7-8-17-9-11-18(12-10-17)19-13-21(27)25(22(28)14-19)20-15-23(29)26(24(30)16-20)31(2,3)4/h9-16H,5-8H2,1-4H3. The van der Waals surface area contributed by atoms with E-state index in [4.69, 9.17) is 0 Å². The van der Waals surface area contributed by atoms with Gasteiger partial charge in [-0.15, -0.1) is 0 Å². The summed E-state index contributed by atoms with van der Waals surface area (Å²) in [4.78, 5) is -0.0206. The van der Waals surface area contributed by atoms with Crippen LogP contribution in [0.1, 0.15) is 31.7 Å². The summed E-state index contributed by atoms with van der Waals surface area (Å²) in [5, 5.41) is 0. The first-order chi connectivity index (χ1) is 14.6. The molecule has 0 nitrogen and oxygen atoms in total. The molecule has 31 heavy (non-hydrogen) atoms. The molecule has 3 aromatic rings. The predicted octanol–water partition coefficient (Wildman–Crippen LogP) is 8.36. The number of unbranched alkanes of at least 4 members (excludes halogenated alkanes) is 2. The average Bonchev–Trinajstić information content (AvgIpc) is 2.66. The van der Waals surface area contributed by atoms with E-state index in [2.05, 4.69) is 6.92 Å². The van der Waals surface area contributed by atoms with Crippen LogP contribution < -0.4 is 0 Å². The molecule has 0 aromatic heterocycles. The molecule has 0 bridgehead atoms. The fourth-order valence-electron chi connectivity index (χ4n) is 3.75. The number of hydrogen-bond donors (Lipinski definition) is 0. The summed E-state index contributed by atoms with van der Waals surface area (Å²) in [5.41, 5.74) is 1.69. The van der Waals surface area contributed by atoms with E-state index in [0.29, 0.717) is 11.1 Å². The first-order valence-electron chi connectivity index (χ1n) is 10.4. The molecule has 0 amide bonds. The Bertz CT molecular complexity index is 1020. The molecule has 0 atom stereocenters. The van der Waals surface area contributed by atoms with Gasteiger partial charge in [0.25, 0.3) is 0 Å². The van der Waals surface area contributed by atoms with Gasteiger partial charge in [0.1, 0.15) is 23.3 Å². The van der Waals surface area contributed by atoms with E-state index in [1.54, 1.807) is 18.8 Å². The lowest BCUT2D eigenvalue weighted by molar-refractivity contribution is 0.539. The topological polar surface area (TPSA) is 0 Å². The SMILES string of the molecule is CCCCCc1ccc(-c2cc(F)c(-c3cc(F)c(S(C)(C)C)c(F)c3)c(F)c2)cc1. The molecule has 0 heterocycles. The highest BCUT2D eigenvalue weighted by Gasteiger charge is 2.23. The zero-order valence-corrected chi connectivity index (χ0v) is 19.2. The van der Waals surface area contributed by atoms with Crippen LogP contribution in [-0.4, -0.2) is 18.8 Å². The number of benzene rings is 3. The molecule has 0 aliphatic heterocycles. The van der Waals surface area contributed by atoms with E-state index in [0.717, 1.165) is 31.4 Å². The summed E-state index contributed by atoms with van der Waals surface area (Å²) < 4.78 is 58.9. The minimum absolute atomic E-state index is 0.0206. The van der Waals surface area contributed by atoms with Crippen LogP contribution in [0, 0.1) is 23.3 Å². The lowest BCUT2D eigenvalue weighted by Gasteiger charge is -2.27. The molecule has 0 spiro atoms. The fraction of sp³-hybridized carbons (Fsp3) is 0.308. The molecule has 3 aromatic carbocycles. The van der Waals surface area contributed by atoms with Crippen molar-refractivity contribution in [3.8, 4) is 22.3 Å². The molecular weight excluding hydrogens is 420 g/mol. The van der Waals surface area contributed by atoms with Crippen molar-refractivity contribution < 1.29 is 17.6 Å². The Labute approximate surface area is 183 Å². The zero-order valence-electron chi connectivity index (χ0n) is 18.4. The third kappa shape index (κ3) is 5.32. The first-order valence-corrected chi connectivity index (χ1v) is 13.2. The van der Waals surface area contributed by atoms with Crippen LogP contribution >= 0.6 is 10.0 Å². The third-order valence-electron chi connectivity index (χ3n) is 5.30.